The summed E-state index contributed by atoms with van der Waals surface area (Å²) in [7, 11) is 1.98. The molecule has 0 bridgehead atoms. The molecule has 1 unspecified atom stereocenters. The number of hydrogen-bond acceptors (Lipinski definition) is 5. The molecule has 2 aromatic rings. The van der Waals surface area contributed by atoms with Crippen LogP contribution in [0.5, 0.6) is 0 Å². The van der Waals surface area contributed by atoms with Crippen LogP contribution in [0.25, 0.3) is 0 Å². The van der Waals surface area contributed by atoms with E-state index in [0.717, 1.165) is 49.8 Å². The summed E-state index contributed by atoms with van der Waals surface area (Å²) in [4.78, 5) is 25.4. The molecule has 0 aliphatic carbocycles. The number of nitrogens with one attached hydrogen (secondary N) is 1. The number of rotatable bonds is 4. The number of aromatic nitrogens is 3. The van der Waals surface area contributed by atoms with E-state index in [2.05, 4.69) is 20.4 Å². The zero-order valence-electron chi connectivity index (χ0n) is 15.2. The minimum atomic E-state index is 0.0868. The van der Waals surface area contributed by atoms with Crippen LogP contribution in [0, 0.1) is 5.92 Å². The fourth-order valence-corrected chi connectivity index (χ4v) is 3.84. The zero-order valence-corrected chi connectivity index (χ0v) is 15.2. The zero-order chi connectivity index (χ0) is 18.3. The monoisotopic (exact) mass is 353 g/mol. The molecule has 0 radical (unpaired) electrons. The van der Waals surface area contributed by atoms with Crippen molar-refractivity contribution in [3.8, 4) is 0 Å². The molecule has 136 valence electrons. The molecule has 2 aliphatic rings. The Morgan fingerprint density at radius 3 is 2.85 bits per heavy atom. The van der Waals surface area contributed by atoms with E-state index >= 15 is 0 Å². The van der Waals surface area contributed by atoms with Gasteiger partial charge in [-0.1, -0.05) is 12.1 Å². The van der Waals surface area contributed by atoms with Gasteiger partial charge >= 0.3 is 0 Å². The largest absolute Gasteiger partial charge is 0.356 e. The first-order valence-corrected chi connectivity index (χ1v) is 9.04. The van der Waals surface area contributed by atoms with Gasteiger partial charge < -0.3 is 14.8 Å². The molecular weight excluding hydrogens is 330 g/mol. The number of carbonyl (C=O) groups is 2. The summed E-state index contributed by atoms with van der Waals surface area (Å²) >= 11 is 0. The number of hydrogen-bond donors (Lipinski definition) is 1. The molecule has 1 fully saturated rings. The molecule has 26 heavy (non-hydrogen) atoms. The van der Waals surface area contributed by atoms with E-state index in [9.17, 15) is 9.59 Å². The molecule has 1 N–H and O–H groups in total. The Kier molecular flexibility index (Phi) is 4.22. The molecule has 1 amide bonds. The Balaban J connectivity index is 1.50. The van der Waals surface area contributed by atoms with Gasteiger partial charge in [0.2, 0.25) is 11.9 Å². The molecule has 1 aromatic carbocycles. The SMILES string of the molecule is CC(=O)c1ccc2c(c1)CN(c1nnc(CC3CCNC(=O)C3)n1C)C2. The second-order valence-electron chi connectivity index (χ2n) is 7.28. The van der Waals surface area contributed by atoms with Crippen molar-refractivity contribution in [2.24, 2.45) is 13.0 Å². The van der Waals surface area contributed by atoms with E-state index in [1.54, 1.807) is 6.92 Å². The van der Waals surface area contributed by atoms with Crippen molar-refractivity contribution < 1.29 is 9.59 Å². The molecular formula is C19H23N5O2. The van der Waals surface area contributed by atoms with Crippen molar-refractivity contribution in [1.82, 2.24) is 20.1 Å². The maximum absolute atomic E-state index is 11.6. The van der Waals surface area contributed by atoms with Gasteiger partial charge in [0, 0.05) is 45.1 Å². The van der Waals surface area contributed by atoms with Gasteiger partial charge in [-0.2, -0.15) is 0 Å². The Labute approximate surface area is 152 Å². The Morgan fingerprint density at radius 2 is 2.08 bits per heavy atom. The third-order valence-electron chi connectivity index (χ3n) is 5.38. The number of amides is 1. The predicted molar refractivity (Wildman–Crippen MR) is 96.8 cm³/mol. The van der Waals surface area contributed by atoms with Crippen LogP contribution in [0.1, 0.15) is 47.1 Å². The Bertz CT molecular complexity index is 873. The molecule has 0 saturated carbocycles. The molecule has 3 heterocycles. The van der Waals surface area contributed by atoms with Crippen LogP contribution in [0.2, 0.25) is 0 Å². The number of anilines is 1. The lowest BCUT2D eigenvalue weighted by Crippen LogP contribution is -2.34. The molecule has 2 aliphatic heterocycles. The number of piperidine rings is 1. The van der Waals surface area contributed by atoms with E-state index in [-0.39, 0.29) is 11.7 Å². The van der Waals surface area contributed by atoms with E-state index in [4.69, 9.17) is 0 Å². The van der Waals surface area contributed by atoms with Crippen LogP contribution < -0.4 is 10.2 Å². The Hall–Kier alpha value is -2.70. The number of benzene rings is 1. The van der Waals surface area contributed by atoms with Gasteiger partial charge in [0.05, 0.1) is 0 Å². The van der Waals surface area contributed by atoms with Gasteiger partial charge in [-0.05, 0) is 36.5 Å². The highest BCUT2D eigenvalue weighted by Crippen LogP contribution is 2.29. The highest BCUT2D eigenvalue weighted by atomic mass is 16.1. The molecule has 1 aromatic heterocycles. The van der Waals surface area contributed by atoms with Crippen molar-refractivity contribution in [1.29, 1.82) is 0 Å². The van der Waals surface area contributed by atoms with Crippen molar-refractivity contribution in [2.45, 2.75) is 39.3 Å². The smallest absolute Gasteiger partial charge is 0.227 e. The highest BCUT2D eigenvalue weighted by Gasteiger charge is 2.26. The van der Waals surface area contributed by atoms with Gasteiger partial charge in [-0.3, -0.25) is 9.59 Å². The first-order valence-electron chi connectivity index (χ1n) is 9.04. The van der Waals surface area contributed by atoms with Crippen LogP contribution in [0.4, 0.5) is 5.95 Å². The van der Waals surface area contributed by atoms with Crippen LogP contribution >= 0.6 is 0 Å². The van der Waals surface area contributed by atoms with Crippen molar-refractivity contribution in [3.63, 3.8) is 0 Å². The standard InChI is InChI=1S/C19H23N5O2/c1-12(25)14-3-4-15-10-24(11-16(15)9-14)19-22-21-17(23(19)2)7-13-5-6-20-18(26)8-13/h3-4,9,13H,5-8,10-11H2,1-2H3,(H,20,26). The molecule has 1 saturated heterocycles. The lowest BCUT2D eigenvalue weighted by molar-refractivity contribution is -0.123. The maximum atomic E-state index is 11.6. The predicted octanol–water partition coefficient (Wildman–Crippen LogP) is 1.61. The summed E-state index contributed by atoms with van der Waals surface area (Å²) < 4.78 is 2.03. The number of fused-ring (bicyclic) bond motifs is 1. The van der Waals surface area contributed by atoms with Crippen molar-refractivity contribution >= 4 is 17.6 Å². The maximum Gasteiger partial charge on any atom is 0.227 e. The lowest BCUT2D eigenvalue weighted by atomic mass is 9.94. The number of nitrogens with zero attached hydrogens (tertiary/aromatic N) is 4. The topological polar surface area (TPSA) is 80.1 Å². The normalized spacial score (nSPS) is 19.4. The summed E-state index contributed by atoms with van der Waals surface area (Å²) in [6.45, 7) is 3.84. The van der Waals surface area contributed by atoms with Crippen LogP contribution in [-0.4, -0.2) is 33.0 Å². The first kappa shape index (κ1) is 16.8. The van der Waals surface area contributed by atoms with Crippen LogP contribution in [0.3, 0.4) is 0 Å². The second-order valence-corrected chi connectivity index (χ2v) is 7.28. The summed E-state index contributed by atoms with van der Waals surface area (Å²) in [5, 5.41) is 11.6. The summed E-state index contributed by atoms with van der Waals surface area (Å²) in [5.74, 6) is 2.29. The minimum absolute atomic E-state index is 0.0868. The van der Waals surface area contributed by atoms with E-state index in [0.29, 0.717) is 12.3 Å². The fourth-order valence-electron chi connectivity index (χ4n) is 3.84. The quantitative estimate of drug-likeness (QED) is 0.845. The summed E-state index contributed by atoms with van der Waals surface area (Å²) in [6.07, 6.45) is 2.31. The lowest BCUT2D eigenvalue weighted by Gasteiger charge is -2.22. The second kappa shape index (κ2) is 6.55. The summed E-state index contributed by atoms with van der Waals surface area (Å²) in [5.41, 5.74) is 3.15. The first-order chi connectivity index (χ1) is 12.5. The number of carbonyl (C=O) groups excluding carboxylic acids is 2. The number of ketones is 1. The molecule has 7 heteroatoms. The van der Waals surface area contributed by atoms with Gasteiger partial charge in [-0.15, -0.1) is 10.2 Å². The van der Waals surface area contributed by atoms with Gasteiger partial charge in [0.15, 0.2) is 5.78 Å². The van der Waals surface area contributed by atoms with E-state index in [1.807, 2.05) is 29.8 Å². The third-order valence-corrected chi connectivity index (χ3v) is 5.38. The van der Waals surface area contributed by atoms with Gasteiger partial charge in [0.25, 0.3) is 0 Å². The minimum Gasteiger partial charge on any atom is -0.356 e. The highest BCUT2D eigenvalue weighted by molar-refractivity contribution is 5.94. The third kappa shape index (κ3) is 3.09. The average molecular weight is 353 g/mol. The molecule has 1 atom stereocenters. The average Bonchev–Trinajstić information content (AvgIpc) is 3.18. The van der Waals surface area contributed by atoms with E-state index in [1.165, 1.54) is 11.1 Å². The van der Waals surface area contributed by atoms with Crippen LogP contribution in [-0.2, 0) is 31.4 Å². The molecule has 7 nitrogen and oxygen atoms in total. The van der Waals surface area contributed by atoms with Crippen LogP contribution in [0.15, 0.2) is 18.2 Å². The van der Waals surface area contributed by atoms with E-state index < -0.39 is 0 Å². The molecule has 4 rings (SSSR count). The Morgan fingerprint density at radius 1 is 1.27 bits per heavy atom. The van der Waals surface area contributed by atoms with Crippen molar-refractivity contribution in [2.75, 3.05) is 11.4 Å². The molecule has 0 spiro atoms. The van der Waals surface area contributed by atoms with Gasteiger partial charge in [-0.25, -0.2) is 0 Å². The fraction of sp³-hybridized carbons (Fsp3) is 0.474. The van der Waals surface area contributed by atoms with Gasteiger partial charge in [0.1, 0.15) is 5.82 Å². The van der Waals surface area contributed by atoms with Crippen molar-refractivity contribution in [3.05, 3.63) is 40.7 Å². The summed E-state index contributed by atoms with van der Waals surface area (Å²) in [6, 6.07) is 5.90. The number of Topliss-reactive ketones (excluding diaryl/α,β-unsaturated/α-hetero) is 1.